The Bertz CT molecular complexity index is 670. The predicted octanol–water partition coefficient (Wildman–Crippen LogP) is 1.85. The Morgan fingerprint density at radius 2 is 2.13 bits per heavy atom. The van der Waals surface area contributed by atoms with Crippen LogP contribution in [-0.2, 0) is 6.54 Å². The van der Waals surface area contributed by atoms with Gasteiger partial charge in [-0.3, -0.25) is 15.0 Å². The molecule has 1 atom stereocenters. The minimum Gasteiger partial charge on any atom is -0.419 e. The number of nitro benzene ring substituents is 1. The van der Waals surface area contributed by atoms with Crippen LogP contribution in [0.25, 0.3) is 11.5 Å². The number of aromatic nitrogens is 2. The lowest BCUT2D eigenvalue weighted by Gasteiger charge is -2.30. The average Bonchev–Trinajstić information content (AvgIpc) is 3.03. The fraction of sp³-hybridized carbons (Fsp3) is 0.467. The number of piperidine rings is 1. The molecule has 1 unspecified atom stereocenters. The molecule has 1 N–H and O–H groups in total. The Morgan fingerprint density at radius 3 is 2.83 bits per heavy atom. The summed E-state index contributed by atoms with van der Waals surface area (Å²) in [7, 11) is 0. The van der Waals surface area contributed by atoms with Crippen molar-refractivity contribution in [2.24, 2.45) is 5.92 Å². The van der Waals surface area contributed by atoms with Crippen LogP contribution >= 0.6 is 0 Å². The molecule has 1 aliphatic rings. The summed E-state index contributed by atoms with van der Waals surface area (Å²) in [5.74, 6) is 1.17. The van der Waals surface area contributed by atoms with Crippen LogP contribution in [0.3, 0.4) is 0 Å². The highest BCUT2D eigenvalue weighted by Crippen LogP contribution is 2.23. The largest absolute Gasteiger partial charge is 0.419 e. The smallest absolute Gasteiger partial charge is 0.269 e. The normalized spacial score (nSPS) is 18.9. The summed E-state index contributed by atoms with van der Waals surface area (Å²) in [5, 5.41) is 28.0. The molecule has 2 aromatic rings. The van der Waals surface area contributed by atoms with E-state index in [-0.39, 0.29) is 12.3 Å². The summed E-state index contributed by atoms with van der Waals surface area (Å²) in [5.41, 5.74) is 0.679. The Morgan fingerprint density at radius 1 is 1.35 bits per heavy atom. The highest BCUT2D eigenvalue weighted by Gasteiger charge is 2.21. The van der Waals surface area contributed by atoms with Gasteiger partial charge in [0, 0.05) is 30.8 Å². The van der Waals surface area contributed by atoms with E-state index in [9.17, 15) is 15.2 Å². The van der Waals surface area contributed by atoms with Crippen molar-refractivity contribution in [2.45, 2.75) is 19.4 Å². The van der Waals surface area contributed by atoms with Crippen LogP contribution in [0.2, 0.25) is 0 Å². The van der Waals surface area contributed by atoms with Gasteiger partial charge >= 0.3 is 0 Å². The fourth-order valence-corrected chi connectivity index (χ4v) is 2.80. The molecule has 0 spiro atoms. The first kappa shape index (κ1) is 15.6. The van der Waals surface area contributed by atoms with Gasteiger partial charge in [-0.25, -0.2) is 0 Å². The van der Waals surface area contributed by atoms with Gasteiger partial charge in [0.15, 0.2) is 0 Å². The summed E-state index contributed by atoms with van der Waals surface area (Å²) in [4.78, 5) is 12.4. The van der Waals surface area contributed by atoms with Crippen molar-refractivity contribution in [1.29, 1.82) is 0 Å². The fourth-order valence-electron chi connectivity index (χ4n) is 2.80. The van der Waals surface area contributed by atoms with E-state index < -0.39 is 4.92 Å². The van der Waals surface area contributed by atoms with Gasteiger partial charge in [-0.1, -0.05) is 0 Å². The van der Waals surface area contributed by atoms with Crippen LogP contribution in [0.4, 0.5) is 5.69 Å². The highest BCUT2D eigenvalue weighted by atomic mass is 16.6. The van der Waals surface area contributed by atoms with Gasteiger partial charge in [-0.15, -0.1) is 10.2 Å². The van der Waals surface area contributed by atoms with Crippen molar-refractivity contribution in [1.82, 2.24) is 15.1 Å². The number of likely N-dealkylation sites (tertiary alicyclic amines) is 1. The van der Waals surface area contributed by atoms with E-state index in [1.165, 1.54) is 12.1 Å². The number of benzene rings is 1. The second-order valence-corrected chi connectivity index (χ2v) is 5.73. The Kier molecular flexibility index (Phi) is 4.63. The van der Waals surface area contributed by atoms with Crippen molar-refractivity contribution in [2.75, 3.05) is 19.7 Å². The van der Waals surface area contributed by atoms with Crippen LogP contribution in [0, 0.1) is 16.0 Å². The molecule has 8 heteroatoms. The average molecular weight is 318 g/mol. The number of non-ortho nitro benzene ring substituents is 1. The summed E-state index contributed by atoms with van der Waals surface area (Å²) >= 11 is 0. The molecule has 1 fully saturated rings. The monoisotopic (exact) mass is 318 g/mol. The van der Waals surface area contributed by atoms with E-state index in [4.69, 9.17) is 4.42 Å². The standard InChI is InChI=1S/C15H18N4O4/c20-10-11-2-1-7-18(8-11)9-14-16-17-15(23-14)12-3-5-13(6-4-12)19(21)22/h3-6,11,20H,1-2,7-10H2. The molecule has 1 saturated heterocycles. The first-order valence-electron chi connectivity index (χ1n) is 7.56. The molecule has 8 nitrogen and oxygen atoms in total. The molecule has 1 aromatic carbocycles. The lowest BCUT2D eigenvalue weighted by Crippen LogP contribution is -2.36. The Labute approximate surface area is 132 Å². The summed E-state index contributed by atoms with van der Waals surface area (Å²) in [6.07, 6.45) is 2.10. The molecule has 0 aliphatic carbocycles. The number of aliphatic hydroxyl groups excluding tert-OH is 1. The van der Waals surface area contributed by atoms with Crippen molar-refractivity contribution >= 4 is 5.69 Å². The maximum absolute atomic E-state index is 10.7. The van der Waals surface area contributed by atoms with E-state index in [1.54, 1.807) is 12.1 Å². The molecular formula is C15H18N4O4. The van der Waals surface area contributed by atoms with E-state index >= 15 is 0 Å². The molecule has 0 amide bonds. The Hall–Kier alpha value is -2.32. The van der Waals surface area contributed by atoms with E-state index in [0.717, 1.165) is 25.9 Å². The molecule has 3 rings (SSSR count). The third-order valence-electron chi connectivity index (χ3n) is 4.01. The van der Waals surface area contributed by atoms with Gasteiger partial charge in [-0.2, -0.15) is 0 Å². The summed E-state index contributed by atoms with van der Waals surface area (Å²) < 4.78 is 5.65. The zero-order chi connectivity index (χ0) is 16.2. The number of nitrogens with zero attached hydrogens (tertiary/aromatic N) is 4. The lowest BCUT2D eigenvalue weighted by atomic mass is 9.99. The maximum atomic E-state index is 10.7. The minimum atomic E-state index is -0.447. The topological polar surface area (TPSA) is 106 Å². The van der Waals surface area contributed by atoms with Gasteiger partial charge in [0.25, 0.3) is 5.69 Å². The molecule has 122 valence electrons. The third-order valence-corrected chi connectivity index (χ3v) is 4.01. The number of hydrogen-bond acceptors (Lipinski definition) is 7. The van der Waals surface area contributed by atoms with E-state index in [1.807, 2.05) is 0 Å². The first-order chi connectivity index (χ1) is 11.2. The highest BCUT2D eigenvalue weighted by molar-refractivity contribution is 5.55. The molecule has 0 bridgehead atoms. The first-order valence-corrected chi connectivity index (χ1v) is 7.56. The van der Waals surface area contributed by atoms with Crippen molar-refractivity contribution < 1.29 is 14.4 Å². The van der Waals surface area contributed by atoms with Gasteiger partial charge in [-0.05, 0) is 37.4 Å². The minimum absolute atomic E-state index is 0.0249. The van der Waals surface area contributed by atoms with Crippen LogP contribution < -0.4 is 0 Å². The third kappa shape index (κ3) is 3.72. The van der Waals surface area contributed by atoms with Crippen LogP contribution in [0.5, 0.6) is 0 Å². The van der Waals surface area contributed by atoms with Gasteiger partial charge in [0.05, 0.1) is 11.5 Å². The summed E-state index contributed by atoms with van der Waals surface area (Å²) in [6.45, 7) is 2.53. The van der Waals surface area contributed by atoms with Crippen molar-refractivity contribution in [3.8, 4) is 11.5 Å². The zero-order valence-corrected chi connectivity index (χ0v) is 12.6. The lowest BCUT2D eigenvalue weighted by molar-refractivity contribution is -0.384. The molecule has 1 aliphatic heterocycles. The predicted molar refractivity (Wildman–Crippen MR) is 81.5 cm³/mol. The second kappa shape index (κ2) is 6.84. The van der Waals surface area contributed by atoms with Gasteiger partial charge in [0.1, 0.15) is 0 Å². The molecular weight excluding hydrogens is 300 g/mol. The van der Waals surface area contributed by atoms with Gasteiger partial charge < -0.3 is 9.52 Å². The molecule has 2 heterocycles. The van der Waals surface area contributed by atoms with Crippen molar-refractivity contribution in [3.05, 3.63) is 40.3 Å². The number of aliphatic hydroxyl groups is 1. The molecule has 23 heavy (non-hydrogen) atoms. The van der Waals surface area contributed by atoms with Gasteiger partial charge in [0.2, 0.25) is 11.8 Å². The SMILES string of the molecule is O=[N+]([O-])c1ccc(-c2nnc(CN3CCCC(CO)C3)o2)cc1. The number of hydrogen-bond donors (Lipinski definition) is 1. The molecule has 0 saturated carbocycles. The van der Waals surface area contributed by atoms with Crippen molar-refractivity contribution in [3.63, 3.8) is 0 Å². The second-order valence-electron chi connectivity index (χ2n) is 5.73. The maximum Gasteiger partial charge on any atom is 0.269 e. The number of rotatable bonds is 5. The summed E-state index contributed by atoms with van der Waals surface area (Å²) in [6, 6.07) is 6.02. The Balaban J connectivity index is 1.66. The quantitative estimate of drug-likeness (QED) is 0.662. The van der Waals surface area contributed by atoms with E-state index in [0.29, 0.717) is 29.8 Å². The number of nitro groups is 1. The molecule has 1 aromatic heterocycles. The van der Waals surface area contributed by atoms with Crippen LogP contribution in [-0.4, -0.2) is 44.8 Å². The van der Waals surface area contributed by atoms with Crippen LogP contribution in [0.15, 0.2) is 28.7 Å². The van der Waals surface area contributed by atoms with Crippen LogP contribution in [0.1, 0.15) is 18.7 Å². The zero-order valence-electron chi connectivity index (χ0n) is 12.6. The van der Waals surface area contributed by atoms with E-state index in [2.05, 4.69) is 15.1 Å². The molecule has 0 radical (unpaired) electrons.